The minimum absolute atomic E-state index is 0.257. The second kappa shape index (κ2) is 5.61. The molecule has 23 heavy (non-hydrogen) atoms. The second-order valence-corrected chi connectivity index (χ2v) is 7.46. The van der Waals surface area contributed by atoms with Crippen LogP contribution in [0.3, 0.4) is 0 Å². The van der Waals surface area contributed by atoms with Gasteiger partial charge in [0, 0.05) is 25.3 Å². The molecule has 5 nitrogen and oxygen atoms in total. The number of benzene rings is 1. The quantitative estimate of drug-likeness (QED) is 0.904. The van der Waals surface area contributed by atoms with E-state index < -0.39 is 16.9 Å². The molecule has 0 aliphatic heterocycles. The van der Waals surface area contributed by atoms with Gasteiger partial charge in [0.25, 0.3) is 0 Å². The molecule has 1 fully saturated rings. The molecule has 1 aromatic rings. The van der Waals surface area contributed by atoms with Crippen LogP contribution in [0.5, 0.6) is 5.75 Å². The molecule has 2 rings (SSSR count). The molecule has 0 radical (unpaired) electrons. The zero-order chi connectivity index (χ0) is 18.3. The summed E-state index contributed by atoms with van der Waals surface area (Å²) in [5.41, 5.74) is -0.563. The van der Waals surface area contributed by atoms with E-state index in [1.165, 1.54) is 0 Å². The number of carbonyl (C=O) groups is 1. The molecule has 6 heteroatoms. The van der Waals surface area contributed by atoms with E-state index in [9.17, 15) is 9.90 Å². The van der Waals surface area contributed by atoms with Crippen molar-refractivity contribution in [3.63, 3.8) is 0 Å². The summed E-state index contributed by atoms with van der Waals surface area (Å²) >= 11 is 6.05. The van der Waals surface area contributed by atoms with Gasteiger partial charge in [0.05, 0.1) is 16.6 Å². The van der Waals surface area contributed by atoms with E-state index in [1.54, 1.807) is 18.2 Å². The second-order valence-electron chi connectivity index (χ2n) is 7.05. The van der Waals surface area contributed by atoms with Crippen LogP contribution in [0, 0.1) is 22.2 Å². The SMILES string of the molecule is [2H]CN(C(=O)O)C1C(C)(C)C(Oc2ccc(C#N)c(Cl)c2)C1(C)C. The van der Waals surface area contributed by atoms with Crippen molar-refractivity contribution in [3.05, 3.63) is 28.8 Å². The molecule has 124 valence electrons. The third-order valence-electron chi connectivity index (χ3n) is 4.63. The van der Waals surface area contributed by atoms with Crippen molar-refractivity contribution in [1.82, 2.24) is 4.90 Å². The van der Waals surface area contributed by atoms with E-state index in [1.807, 2.05) is 33.8 Å². The molecule has 0 bridgehead atoms. The number of hydrogen-bond acceptors (Lipinski definition) is 3. The Labute approximate surface area is 142 Å². The molecule has 0 atom stereocenters. The lowest BCUT2D eigenvalue weighted by Gasteiger charge is -2.64. The first kappa shape index (κ1) is 15.9. The maximum atomic E-state index is 11.4. The number of ether oxygens (including phenoxy) is 1. The fourth-order valence-electron chi connectivity index (χ4n) is 4.12. The Kier molecular flexibility index (Phi) is 3.89. The van der Waals surface area contributed by atoms with Crippen LogP contribution in [-0.2, 0) is 0 Å². The molecule has 1 amide bonds. The summed E-state index contributed by atoms with van der Waals surface area (Å²) < 4.78 is 13.6. The van der Waals surface area contributed by atoms with E-state index in [2.05, 4.69) is 0 Å². The first-order chi connectivity index (χ1) is 11.1. The van der Waals surface area contributed by atoms with Gasteiger partial charge in [0.1, 0.15) is 17.9 Å². The summed E-state index contributed by atoms with van der Waals surface area (Å²) in [5.74, 6) is 0.538. The average molecular weight is 338 g/mol. The number of amides is 1. The van der Waals surface area contributed by atoms with Gasteiger partial charge in [-0.25, -0.2) is 4.79 Å². The molecule has 0 aromatic heterocycles. The highest BCUT2D eigenvalue weighted by molar-refractivity contribution is 6.31. The van der Waals surface area contributed by atoms with E-state index >= 15 is 0 Å². The van der Waals surface area contributed by atoms with Crippen LogP contribution in [0.15, 0.2) is 18.2 Å². The lowest BCUT2D eigenvalue weighted by molar-refractivity contribution is -0.196. The van der Waals surface area contributed by atoms with Gasteiger partial charge in [-0.2, -0.15) is 5.26 Å². The predicted molar refractivity (Wildman–Crippen MR) is 87.7 cm³/mol. The van der Waals surface area contributed by atoms with Crippen LogP contribution in [-0.4, -0.2) is 35.3 Å². The molecule has 0 heterocycles. The van der Waals surface area contributed by atoms with Crippen molar-refractivity contribution >= 4 is 17.7 Å². The molecule has 1 aliphatic rings. The van der Waals surface area contributed by atoms with Crippen molar-refractivity contribution in [2.24, 2.45) is 10.8 Å². The highest BCUT2D eigenvalue weighted by Crippen LogP contribution is 2.57. The molecular formula is C17H21ClN2O3. The van der Waals surface area contributed by atoms with Gasteiger partial charge in [-0.05, 0) is 12.1 Å². The number of rotatable bonds is 3. The van der Waals surface area contributed by atoms with Crippen LogP contribution in [0.25, 0.3) is 0 Å². The van der Waals surface area contributed by atoms with Crippen LogP contribution in [0.2, 0.25) is 5.02 Å². The predicted octanol–water partition coefficient (Wildman–Crippen LogP) is 4.00. The van der Waals surface area contributed by atoms with Gasteiger partial charge in [-0.3, -0.25) is 0 Å². The van der Waals surface area contributed by atoms with Crippen LogP contribution in [0.4, 0.5) is 4.79 Å². The van der Waals surface area contributed by atoms with Crippen LogP contribution in [0.1, 0.15) is 34.6 Å². The maximum Gasteiger partial charge on any atom is 0.407 e. The summed E-state index contributed by atoms with van der Waals surface area (Å²) in [7, 11) is -0.317. The third-order valence-corrected chi connectivity index (χ3v) is 4.95. The van der Waals surface area contributed by atoms with Gasteiger partial charge >= 0.3 is 6.09 Å². The Morgan fingerprint density at radius 1 is 1.43 bits per heavy atom. The fourth-order valence-corrected chi connectivity index (χ4v) is 4.33. The summed E-state index contributed by atoms with van der Waals surface area (Å²) in [5, 5.41) is 18.6. The smallest absolute Gasteiger partial charge is 0.407 e. The molecule has 1 saturated carbocycles. The topological polar surface area (TPSA) is 73.6 Å². The minimum atomic E-state index is -1.10. The standard InChI is InChI=1S/C17H21ClN2O3/c1-16(2)13(20(5)15(21)22)17(3,4)14(16)23-11-7-6-10(9-19)12(18)8-11/h6-8,13-14H,1-5H3,(H,21,22)/i5D. The molecule has 1 N–H and O–H groups in total. The van der Waals surface area contributed by atoms with E-state index in [4.69, 9.17) is 23.0 Å². The van der Waals surface area contributed by atoms with Gasteiger partial charge in [-0.15, -0.1) is 0 Å². The van der Waals surface area contributed by atoms with Crippen LogP contribution >= 0.6 is 11.6 Å². The first-order valence-electron chi connectivity index (χ1n) is 7.93. The van der Waals surface area contributed by atoms with E-state index in [-0.39, 0.29) is 19.2 Å². The van der Waals surface area contributed by atoms with Crippen molar-refractivity contribution in [2.75, 3.05) is 7.02 Å². The monoisotopic (exact) mass is 337 g/mol. The van der Waals surface area contributed by atoms with Crippen LogP contribution < -0.4 is 4.74 Å². The number of nitriles is 1. The minimum Gasteiger partial charge on any atom is -0.489 e. The van der Waals surface area contributed by atoms with Crippen molar-refractivity contribution in [3.8, 4) is 11.8 Å². The number of halogens is 1. The number of hydrogen-bond donors (Lipinski definition) is 1. The molecule has 0 unspecified atom stereocenters. The summed E-state index contributed by atoms with van der Waals surface area (Å²) in [6.45, 7) is 7.74. The third kappa shape index (κ3) is 2.72. The average Bonchev–Trinajstić information content (AvgIpc) is 2.49. The number of carboxylic acid groups (broad SMARTS) is 1. The normalized spacial score (nSPS) is 24.8. The lowest BCUT2D eigenvalue weighted by atomic mass is 9.49. The Bertz CT molecular complexity index is 684. The molecule has 0 saturated heterocycles. The Hall–Kier alpha value is -1.93. The van der Waals surface area contributed by atoms with Gasteiger partial charge in [0.2, 0.25) is 0 Å². The zero-order valence-electron chi connectivity index (χ0n) is 14.6. The number of nitrogens with zero attached hydrogens (tertiary/aromatic N) is 2. The first-order valence-corrected chi connectivity index (χ1v) is 7.60. The van der Waals surface area contributed by atoms with E-state index in [0.29, 0.717) is 16.3 Å². The van der Waals surface area contributed by atoms with Gasteiger partial charge < -0.3 is 14.7 Å². The summed E-state index contributed by atoms with van der Waals surface area (Å²) in [6.07, 6.45) is -1.36. The van der Waals surface area contributed by atoms with Gasteiger partial charge in [-0.1, -0.05) is 39.3 Å². The van der Waals surface area contributed by atoms with Crippen molar-refractivity contribution in [1.29, 1.82) is 5.26 Å². The highest BCUT2D eigenvalue weighted by atomic mass is 35.5. The molecule has 1 aliphatic carbocycles. The van der Waals surface area contributed by atoms with Gasteiger partial charge in [0.15, 0.2) is 0 Å². The summed E-state index contributed by atoms with van der Waals surface area (Å²) in [4.78, 5) is 12.6. The maximum absolute atomic E-state index is 11.4. The molecule has 1 aromatic carbocycles. The van der Waals surface area contributed by atoms with Crippen molar-refractivity contribution < 1.29 is 16.0 Å². The summed E-state index contributed by atoms with van der Waals surface area (Å²) in [6, 6.07) is 6.54. The lowest BCUT2D eigenvalue weighted by Crippen LogP contribution is -2.74. The Morgan fingerprint density at radius 3 is 2.48 bits per heavy atom. The van der Waals surface area contributed by atoms with E-state index in [0.717, 1.165) is 4.90 Å². The Morgan fingerprint density at radius 2 is 2.04 bits per heavy atom. The van der Waals surface area contributed by atoms with Crippen molar-refractivity contribution in [2.45, 2.75) is 39.8 Å². The zero-order valence-corrected chi connectivity index (χ0v) is 14.4. The molecule has 0 spiro atoms. The largest absolute Gasteiger partial charge is 0.489 e. The highest BCUT2D eigenvalue weighted by Gasteiger charge is 2.65. The Balaban J connectivity index is 2.28. The fraction of sp³-hybridized carbons (Fsp3) is 0.529. The molecular weight excluding hydrogens is 316 g/mol.